The van der Waals surface area contributed by atoms with Gasteiger partial charge >= 0.3 is 0 Å². The number of aromatic hydroxyl groups is 1. The average Bonchev–Trinajstić information content (AvgIpc) is 2.55. The molecule has 22 heavy (non-hydrogen) atoms. The standard InChI is InChI=1S/C18H10N2O2/c19-10-14-3-6-18(9-15(14)11-20)22-17-5-2-12-7-16(21)4-1-13(12)8-17/h1-9,21H. The highest BCUT2D eigenvalue weighted by atomic mass is 16.5. The summed E-state index contributed by atoms with van der Waals surface area (Å²) in [7, 11) is 0. The topological polar surface area (TPSA) is 77.0 Å². The Morgan fingerprint density at radius 2 is 1.36 bits per heavy atom. The molecule has 4 heteroatoms. The zero-order valence-corrected chi connectivity index (χ0v) is 11.4. The molecule has 104 valence electrons. The van der Waals surface area contributed by atoms with Gasteiger partial charge in [0.15, 0.2) is 0 Å². The predicted octanol–water partition coefficient (Wildman–Crippen LogP) is 4.08. The van der Waals surface area contributed by atoms with Crippen molar-refractivity contribution >= 4 is 10.8 Å². The number of hydrogen-bond acceptors (Lipinski definition) is 4. The number of ether oxygens (including phenoxy) is 1. The molecule has 0 unspecified atom stereocenters. The van der Waals surface area contributed by atoms with Gasteiger partial charge in [0.1, 0.15) is 29.4 Å². The van der Waals surface area contributed by atoms with Gasteiger partial charge in [-0.3, -0.25) is 0 Å². The molecule has 0 heterocycles. The van der Waals surface area contributed by atoms with Crippen molar-refractivity contribution in [1.29, 1.82) is 10.5 Å². The molecule has 3 rings (SSSR count). The highest BCUT2D eigenvalue weighted by molar-refractivity contribution is 5.85. The van der Waals surface area contributed by atoms with E-state index < -0.39 is 0 Å². The van der Waals surface area contributed by atoms with Crippen molar-refractivity contribution in [2.75, 3.05) is 0 Å². The molecule has 0 bridgehead atoms. The number of rotatable bonds is 2. The Bertz CT molecular complexity index is 949. The van der Waals surface area contributed by atoms with Gasteiger partial charge in [-0.05, 0) is 53.2 Å². The molecular weight excluding hydrogens is 276 g/mol. The third-order valence-corrected chi connectivity index (χ3v) is 3.26. The van der Waals surface area contributed by atoms with Crippen molar-refractivity contribution in [3.63, 3.8) is 0 Å². The quantitative estimate of drug-likeness (QED) is 0.770. The monoisotopic (exact) mass is 286 g/mol. The van der Waals surface area contributed by atoms with Crippen molar-refractivity contribution in [3.05, 3.63) is 65.7 Å². The first kappa shape index (κ1) is 13.5. The van der Waals surface area contributed by atoms with Gasteiger partial charge in [0.2, 0.25) is 0 Å². The first-order chi connectivity index (χ1) is 10.7. The first-order valence-corrected chi connectivity index (χ1v) is 6.54. The summed E-state index contributed by atoms with van der Waals surface area (Å²) in [5.41, 5.74) is 0.606. The van der Waals surface area contributed by atoms with Gasteiger partial charge in [0.05, 0.1) is 11.1 Å². The van der Waals surface area contributed by atoms with E-state index in [1.807, 2.05) is 24.3 Å². The molecule has 4 nitrogen and oxygen atoms in total. The Labute approximate surface area is 127 Å². The predicted molar refractivity (Wildman–Crippen MR) is 81.6 cm³/mol. The molecular formula is C18H10N2O2. The Morgan fingerprint density at radius 1 is 0.727 bits per heavy atom. The minimum Gasteiger partial charge on any atom is -0.508 e. The average molecular weight is 286 g/mol. The van der Waals surface area contributed by atoms with Gasteiger partial charge in [-0.2, -0.15) is 10.5 Å². The van der Waals surface area contributed by atoms with Crippen molar-refractivity contribution in [3.8, 4) is 29.4 Å². The molecule has 0 radical (unpaired) electrons. The van der Waals surface area contributed by atoms with E-state index in [1.165, 1.54) is 0 Å². The van der Waals surface area contributed by atoms with E-state index in [2.05, 4.69) is 0 Å². The number of benzene rings is 3. The summed E-state index contributed by atoms with van der Waals surface area (Å²) in [5, 5.41) is 29.2. The molecule has 0 atom stereocenters. The second-order valence-corrected chi connectivity index (χ2v) is 4.73. The van der Waals surface area contributed by atoms with Crippen LogP contribution in [0.15, 0.2) is 54.6 Å². The van der Waals surface area contributed by atoms with Crippen LogP contribution in [0.3, 0.4) is 0 Å². The lowest BCUT2D eigenvalue weighted by atomic mass is 10.1. The molecule has 0 spiro atoms. The fourth-order valence-corrected chi connectivity index (χ4v) is 2.19. The van der Waals surface area contributed by atoms with Gasteiger partial charge in [0, 0.05) is 0 Å². The highest BCUT2D eigenvalue weighted by Gasteiger charge is 2.05. The summed E-state index contributed by atoms with van der Waals surface area (Å²) >= 11 is 0. The maximum absolute atomic E-state index is 9.45. The molecule has 0 saturated heterocycles. The molecule has 0 saturated carbocycles. The van der Waals surface area contributed by atoms with E-state index in [1.54, 1.807) is 42.5 Å². The number of nitriles is 2. The molecule has 0 aliphatic rings. The van der Waals surface area contributed by atoms with E-state index in [0.717, 1.165) is 10.8 Å². The molecule has 0 aliphatic carbocycles. The van der Waals surface area contributed by atoms with E-state index in [0.29, 0.717) is 17.1 Å². The fraction of sp³-hybridized carbons (Fsp3) is 0. The second kappa shape index (κ2) is 5.47. The van der Waals surface area contributed by atoms with E-state index in [9.17, 15) is 5.11 Å². The van der Waals surface area contributed by atoms with Crippen LogP contribution in [-0.4, -0.2) is 5.11 Å². The summed E-state index contributed by atoms with van der Waals surface area (Å²) in [6.07, 6.45) is 0. The molecule has 0 aromatic heterocycles. The van der Waals surface area contributed by atoms with Crippen LogP contribution in [0, 0.1) is 22.7 Å². The minimum atomic E-state index is 0.215. The summed E-state index contributed by atoms with van der Waals surface area (Å²) < 4.78 is 5.74. The second-order valence-electron chi connectivity index (χ2n) is 4.73. The highest BCUT2D eigenvalue weighted by Crippen LogP contribution is 2.28. The molecule has 3 aromatic carbocycles. The van der Waals surface area contributed by atoms with E-state index >= 15 is 0 Å². The summed E-state index contributed by atoms with van der Waals surface area (Å²) in [4.78, 5) is 0. The number of fused-ring (bicyclic) bond motifs is 1. The Morgan fingerprint density at radius 3 is 2.14 bits per heavy atom. The SMILES string of the molecule is N#Cc1ccc(Oc2ccc3cc(O)ccc3c2)cc1C#N. The maximum Gasteiger partial charge on any atom is 0.128 e. The van der Waals surface area contributed by atoms with Gasteiger partial charge in [-0.25, -0.2) is 0 Å². The number of hydrogen-bond donors (Lipinski definition) is 1. The van der Waals surface area contributed by atoms with Crippen molar-refractivity contribution < 1.29 is 9.84 Å². The van der Waals surface area contributed by atoms with Crippen LogP contribution in [0.2, 0.25) is 0 Å². The third kappa shape index (κ3) is 2.54. The van der Waals surface area contributed by atoms with Crippen LogP contribution in [0.5, 0.6) is 17.2 Å². The van der Waals surface area contributed by atoms with Crippen molar-refractivity contribution in [2.45, 2.75) is 0 Å². The smallest absolute Gasteiger partial charge is 0.128 e. The first-order valence-electron chi connectivity index (χ1n) is 6.54. The van der Waals surface area contributed by atoms with Gasteiger partial charge in [-0.1, -0.05) is 12.1 Å². The summed E-state index contributed by atoms with van der Waals surface area (Å²) in [5.74, 6) is 1.33. The molecule has 1 N–H and O–H groups in total. The Hall–Kier alpha value is -3.50. The van der Waals surface area contributed by atoms with Gasteiger partial charge in [0.25, 0.3) is 0 Å². The third-order valence-electron chi connectivity index (χ3n) is 3.26. The lowest BCUT2D eigenvalue weighted by molar-refractivity contribution is 0.475. The van der Waals surface area contributed by atoms with Crippen LogP contribution >= 0.6 is 0 Å². The molecule has 0 amide bonds. The maximum atomic E-state index is 9.45. The van der Waals surface area contributed by atoms with Gasteiger partial charge < -0.3 is 9.84 Å². The largest absolute Gasteiger partial charge is 0.508 e. The van der Waals surface area contributed by atoms with Crippen LogP contribution in [0.4, 0.5) is 0 Å². The normalized spacial score (nSPS) is 9.91. The van der Waals surface area contributed by atoms with Crippen LogP contribution < -0.4 is 4.74 Å². The van der Waals surface area contributed by atoms with E-state index in [-0.39, 0.29) is 11.3 Å². The zero-order chi connectivity index (χ0) is 15.5. The lowest BCUT2D eigenvalue weighted by Gasteiger charge is -2.08. The van der Waals surface area contributed by atoms with Crippen LogP contribution in [0.1, 0.15) is 11.1 Å². The van der Waals surface area contributed by atoms with Crippen molar-refractivity contribution in [1.82, 2.24) is 0 Å². The van der Waals surface area contributed by atoms with Gasteiger partial charge in [-0.15, -0.1) is 0 Å². The van der Waals surface area contributed by atoms with E-state index in [4.69, 9.17) is 15.3 Å². The Balaban J connectivity index is 1.95. The lowest BCUT2D eigenvalue weighted by Crippen LogP contribution is -1.88. The summed E-state index contributed by atoms with van der Waals surface area (Å²) in [6.45, 7) is 0. The Kier molecular flexibility index (Phi) is 3.35. The number of phenols is 1. The van der Waals surface area contributed by atoms with Crippen LogP contribution in [0.25, 0.3) is 10.8 Å². The number of phenolic OH excluding ortho intramolecular Hbond substituents is 1. The minimum absolute atomic E-state index is 0.215. The summed E-state index contributed by atoms with van der Waals surface area (Å²) in [6, 6.07) is 19.3. The molecule has 3 aromatic rings. The zero-order valence-electron chi connectivity index (χ0n) is 11.4. The fourth-order valence-electron chi connectivity index (χ4n) is 2.19. The van der Waals surface area contributed by atoms with Crippen molar-refractivity contribution in [2.24, 2.45) is 0 Å². The van der Waals surface area contributed by atoms with Crippen LogP contribution in [-0.2, 0) is 0 Å². The molecule has 0 aliphatic heterocycles. The number of nitrogens with zero attached hydrogens (tertiary/aromatic N) is 2. The molecule has 0 fully saturated rings.